The molecule has 3 heterocycles. The third-order valence-electron chi connectivity index (χ3n) is 5.63. The lowest BCUT2D eigenvalue weighted by Gasteiger charge is -2.17. The monoisotopic (exact) mass is 453 g/mol. The number of hydrogen-bond donors (Lipinski definition) is 2. The predicted molar refractivity (Wildman–Crippen MR) is 124 cm³/mol. The number of methoxy groups -OCH3 is 1. The van der Waals surface area contributed by atoms with E-state index in [4.69, 9.17) is 15.2 Å². The molecule has 1 aliphatic heterocycles. The summed E-state index contributed by atoms with van der Waals surface area (Å²) in [7, 11) is 2.97. The number of benzene rings is 1. The third kappa shape index (κ3) is 4.72. The summed E-state index contributed by atoms with van der Waals surface area (Å²) in [5, 5.41) is 2.82. The van der Waals surface area contributed by atoms with Gasteiger partial charge in [-0.15, -0.1) is 0 Å². The van der Waals surface area contributed by atoms with Gasteiger partial charge in [-0.2, -0.15) is 0 Å². The van der Waals surface area contributed by atoms with Gasteiger partial charge in [-0.25, -0.2) is 15.0 Å². The lowest BCUT2D eigenvalue weighted by atomic mass is 10.1. The van der Waals surface area contributed by atoms with Crippen molar-refractivity contribution in [1.82, 2.24) is 24.4 Å². The molecule has 0 atom stereocenters. The molecule has 0 radical (unpaired) electrons. The minimum absolute atomic E-state index is 0.0326. The fraction of sp³-hybridized carbons (Fsp3) is 0.409. The van der Waals surface area contributed by atoms with Gasteiger partial charge in [0.1, 0.15) is 11.8 Å². The topological polar surface area (TPSA) is 137 Å². The molecule has 1 saturated heterocycles. The van der Waals surface area contributed by atoms with Crippen LogP contribution in [0.3, 0.4) is 0 Å². The number of aromatic nitrogens is 4. The molecule has 0 aliphatic carbocycles. The van der Waals surface area contributed by atoms with Crippen molar-refractivity contribution in [3.63, 3.8) is 0 Å². The summed E-state index contributed by atoms with van der Waals surface area (Å²) in [6.45, 7) is 3.69. The van der Waals surface area contributed by atoms with Gasteiger partial charge in [0.25, 0.3) is 11.5 Å². The van der Waals surface area contributed by atoms with Crippen LogP contribution in [0, 0.1) is 0 Å². The Labute approximate surface area is 190 Å². The van der Waals surface area contributed by atoms with E-state index in [1.54, 1.807) is 6.07 Å². The number of nitrogens with zero attached hydrogens (tertiary/aromatic N) is 5. The second-order valence-electron chi connectivity index (χ2n) is 7.85. The van der Waals surface area contributed by atoms with Crippen molar-refractivity contribution in [1.29, 1.82) is 0 Å². The third-order valence-corrected chi connectivity index (χ3v) is 5.63. The smallest absolute Gasteiger partial charge is 0.264 e. The molecule has 33 heavy (non-hydrogen) atoms. The zero-order chi connectivity index (χ0) is 23.4. The number of rotatable bonds is 8. The van der Waals surface area contributed by atoms with Crippen LogP contribution in [-0.2, 0) is 7.05 Å². The number of nitrogen functional groups attached to an aromatic ring is 1. The number of nitrogens with one attached hydrogen (secondary N) is 1. The first-order valence-electron chi connectivity index (χ1n) is 10.8. The van der Waals surface area contributed by atoms with Crippen LogP contribution in [0.25, 0.3) is 10.9 Å². The van der Waals surface area contributed by atoms with E-state index in [9.17, 15) is 9.59 Å². The molecule has 3 aromatic rings. The van der Waals surface area contributed by atoms with Gasteiger partial charge in [0.15, 0.2) is 11.5 Å². The number of nitrogens with two attached hydrogens (primary N) is 1. The average Bonchev–Trinajstić information content (AvgIpc) is 3.34. The second kappa shape index (κ2) is 9.82. The Bertz CT molecular complexity index is 1210. The number of carbonyl (C=O) groups is 1. The van der Waals surface area contributed by atoms with Crippen molar-refractivity contribution >= 4 is 28.4 Å². The van der Waals surface area contributed by atoms with Crippen LogP contribution in [0.5, 0.6) is 11.5 Å². The molecule has 3 N–H and O–H groups in total. The Morgan fingerprint density at radius 1 is 1.24 bits per heavy atom. The van der Waals surface area contributed by atoms with Crippen molar-refractivity contribution in [2.75, 3.05) is 44.4 Å². The van der Waals surface area contributed by atoms with Crippen LogP contribution >= 0.6 is 0 Å². The summed E-state index contributed by atoms with van der Waals surface area (Å²) >= 11 is 0. The van der Waals surface area contributed by atoms with Gasteiger partial charge in [-0.3, -0.25) is 19.5 Å². The van der Waals surface area contributed by atoms with E-state index in [-0.39, 0.29) is 33.9 Å². The molecule has 0 spiro atoms. The first-order valence-corrected chi connectivity index (χ1v) is 10.8. The molecule has 11 heteroatoms. The number of likely N-dealkylation sites (tertiary alicyclic amines) is 1. The van der Waals surface area contributed by atoms with Gasteiger partial charge in [0.05, 0.1) is 30.4 Å². The molecule has 0 saturated carbocycles. The van der Waals surface area contributed by atoms with Gasteiger partial charge in [0, 0.05) is 32.1 Å². The summed E-state index contributed by atoms with van der Waals surface area (Å²) in [6.07, 6.45) is 7.40. The lowest BCUT2D eigenvalue weighted by molar-refractivity contribution is 0.102. The highest BCUT2D eigenvalue weighted by atomic mass is 16.5. The van der Waals surface area contributed by atoms with Crippen molar-refractivity contribution in [3.8, 4) is 11.5 Å². The summed E-state index contributed by atoms with van der Waals surface area (Å²) in [4.78, 5) is 40.1. The molecule has 174 valence electrons. The van der Waals surface area contributed by atoms with E-state index in [1.165, 1.54) is 50.3 Å². The number of hydrogen-bond acceptors (Lipinski definition) is 9. The Morgan fingerprint density at radius 2 is 1.97 bits per heavy atom. The Morgan fingerprint density at radius 3 is 2.67 bits per heavy atom. The summed E-state index contributed by atoms with van der Waals surface area (Å²) < 4.78 is 12.7. The van der Waals surface area contributed by atoms with Crippen LogP contribution in [-0.4, -0.2) is 63.7 Å². The minimum Gasteiger partial charge on any atom is -0.491 e. The van der Waals surface area contributed by atoms with Gasteiger partial charge in [-0.05, 0) is 32.4 Å². The Hall–Kier alpha value is -3.73. The van der Waals surface area contributed by atoms with Gasteiger partial charge in [-0.1, -0.05) is 0 Å². The van der Waals surface area contributed by atoms with Crippen LogP contribution < -0.4 is 26.1 Å². The van der Waals surface area contributed by atoms with E-state index in [0.717, 1.165) is 26.1 Å². The molecular weight excluding hydrogens is 426 g/mol. The highest BCUT2D eigenvalue weighted by Crippen LogP contribution is 2.37. The molecule has 1 amide bonds. The largest absolute Gasteiger partial charge is 0.491 e. The van der Waals surface area contributed by atoms with Gasteiger partial charge in [0.2, 0.25) is 5.95 Å². The molecule has 2 aromatic heterocycles. The van der Waals surface area contributed by atoms with Crippen molar-refractivity contribution in [2.45, 2.75) is 19.3 Å². The van der Waals surface area contributed by atoms with Crippen molar-refractivity contribution < 1.29 is 14.3 Å². The van der Waals surface area contributed by atoms with Crippen molar-refractivity contribution in [2.24, 2.45) is 7.05 Å². The number of anilines is 2. The first kappa shape index (κ1) is 22.5. The summed E-state index contributed by atoms with van der Waals surface area (Å²) in [5.74, 6) is 0.221. The lowest BCUT2D eigenvalue weighted by Crippen LogP contribution is -2.26. The highest BCUT2D eigenvalue weighted by molar-refractivity contribution is 6.04. The molecule has 11 nitrogen and oxygen atoms in total. The minimum atomic E-state index is -0.501. The van der Waals surface area contributed by atoms with E-state index in [1.807, 2.05) is 0 Å². The number of amides is 1. The van der Waals surface area contributed by atoms with Gasteiger partial charge >= 0.3 is 0 Å². The fourth-order valence-electron chi connectivity index (χ4n) is 3.90. The predicted octanol–water partition coefficient (Wildman–Crippen LogP) is 1.43. The number of fused-ring (bicyclic) bond motifs is 1. The quantitative estimate of drug-likeness (QED) is 0.383. The summed E-state index contributed by atoms with van der Waals surface area (Å²) in [5.41, 5.74) is 6.45. The zero-order valence-corrected chi connectivity index (χ0v) is 18.7. The van der Waals surface area contributed by atoms with Crippen LogP contribution in [0.15, 0.2) is 29.6 Å². The van der Waals surface area contributed by atoms with Gasteiger partial charge < -0.3 is 20.1 Å². The Balaban J connectivity index is 1.63. The zero-order valence-electron chi connectivity index (χ0n) is 18.7. The molecule has 0 unspecified atom stereocenters. The van der Waals surface area contributed by atoms with Crippen LogP contribution in [0.1, 0.15) is 29.6 Å². The molecule has 1 aliphatic rings. The standard InChI is InChI=1S/C22H27N7O4/c1-28-21(31)17-15(23)10-16(33-9-5-8-29-6-3-4-7-29)19(32-2)18(17)26-22(28)27-20(30)14-11-24-13-25-12-14/h10-13H,3-9,23H2,1-2H3,(H,26,27,30). The molecular formula is C22H27N7O4. The SMILES string of the molecule is COc1c(OCCCN2CCCC2)cc(N)c2c(=O)n(C)c(NC(=O)c3cncnc3)nc12. The maximum atomic E-state index is 13.0. The fourth-order valence-corrected chi connectivity index (χ4v) is 3.90. The molecule has 1 aromatic carbocycles. The maximum absolute atomic E-state index is 13.0. The first-order chi connectivity index (χ1) is 16.0. The summed E-state index contributed by atoms with van der Waals surface area (Å²) in [6, 6.07) is 1.58. The van der Waals surface area contributed by atoms with Crippen LogP contribution in [0.4, 0.5) is 11.6 Å². The van der Waals surface area contributed by atoms with E-state index >= 15 is 0 Å². The molecule has 1 fully saturated rings. The highest BCUT2D eigenvalue weighted by Gasteiger charge is 2.21. The average molecular weight is 454 g/mol. The van der Waals surface area contributed by atoms with E-state index in [2.05, 4.69) is 25.2 Å². The molecule has 0 bridgehead atoms. The number of carbonyl (C=O) groups excluding carboxylic acids is 1. The maximum Gasteiger partial charge on any atom is 0.264 e. The van der Waals surface area contributed by atoms with E-state index in [0.29, 0.717) is 12.4 Å². The second-order valence-corrected chi connectivity index (χ2v) is 7.85. The van der Waals surface area contributed by atoms with Crippen molar-refractivity contribution in [3.05, 3.63) is 40.7 Å². The molecule has 4 rings (SSSR count). The van der Waals surface area contributed by atoms with Crippen LogP contribution in [0.2, 0.25) is 0 Å². The number of ether oxygens (including phenoxy) is 2. The van der Waals surface area contributed by atoms with E-state index < -0.39 is 11.5 Å². The normalized spacial score (nSPS) is 13.9. The Kier molecular flexibility index (Phi) is 6.68.